The zero-order chi connectivity index (χ0) is 20.1. The number of nitrogens with zero attached hydrogens (tertiary/aromatic N) is 1. The van der Waals surface area contributed by atoms with Gasteiger partial charge in [-0.05, 0) is 56.4 Å². The highest BCUT2D eigenvalue weighted by Crippen LogP contribution is 2.29. The molecule has 1 aliphatic carbocycles. The van der Waals surface area contributed by atoms with Gasteiger partial charge in [-0.25, -0.2) is 4.98 Å². The first-order chi connectivity index (χ1) is 14.2. The molecule has 0 radical (unpaired) electrons. The fourth-order valence-corrected chi connectivity index (χ4v) is 4.00. The first-order valence-corrected chi connectivity index (χ1v) is 10.8. The van der Waals surface area contributed by atoms with Gasteiger partial charge in [0.2, 0.25) is 5.89 Å². The Morgan fingerprint density at radius 3 is 2.86 bits per heavy atom. The van der Waals surface area contributed by atoms with Crippen molar-refractivity contribution in [2.45, 2.75) is 32.1 Å². The molecule has 4 nitrogen and oxygen atoms in total. The number of carbonyl (C=O) groups is 1. The van der Waals surface area contributed by atoms with Gasteiger partial charge >= 0.3 is 0 Å². The number of hydrogen-bond donors (Lipinski definition) is 1. The van der Waals surface area contributed by atoms with E-state index in [0.29, 0.717) is 29.3 Å². The van der Waals surface area contributed by atoms with E-state index in [4.69, 9.17) is 4.42 Å². The van der Waals surface area contributed by atoms with Gasteiger partial charge < -0.3 is 9.73 Å². The van der Waals surface area contributed by atoms with Crippen LogP contribution in [0.1, 0.15) is 42.5 Å². The minimum Gasteiger partial charge on any atom is -0.436 e. The van der Waals surface area contributed by atoms with Crippen LogP contribution < -0.4 is 5.32 Å². The normalized spacial score (nSPS) is 13.8. The second kappa shape index (κ2) is 9.23. The number of hydrogen-bond acceptors (Lipinski definition) is 3. The minimum absolute atomic E-state index is 0.0979. The average Bonchev–Trinajstić information content (AvgIpc) is 3.25. The second-order valence-electron chi connectivity index (χ2n) is 7.20. The van der Waals surface area contributed by atoms with Crippen LogP contribution in [0.4, 0.5) is 0 Å². The van der Waals surface area contributed by atoms with E-state index in [1.54, 1.807) is 6.20 Å². The molecule has 5 heteroatoms. The first-order valence-electron chi connectivity index (χ1n) is 9.98. The maximum Gasteiger partial charge on any atom is 0.252 e. The molecule has 29 heavy (non-hydrogen) atoms. The molecule has 1 aromatic heterocycles. The van der Waals surface area contributed by atoms with Crippen LogP contribution >= 0.6 is 15.9 Å². The molecule has 148 valence electrons. The summed E-state index contributed by atoms with van der Waals surface area (Å²) in [5.41, 5.74) is 3.66. The zero-order valence-electron chi connectivity index (χ0n) is 16.2. The number of rotatable bonds is 6. The summed E-state index contributed by atoms with van der Waals surface area (Å²) in [5, 5.41) is 3.05. The molecule has 1 amide bonds. The van der Waals surface area contributed by atoms with E-state index in [1.807, 2.05) is 48.5 Å². The molecule has 0 spiro atoms. The molecule has 0 bridgehead atoms. The van der Waals surface area contributed by atoms with Crippen LogP contribution in [0.5, 0.6) is 0 Å². The lowest BCUT2D eigenvalue weighted by molar-refractivity contribution is 0.0954. The lowest BCUT2D eigenvalue weighted by Crippen LogP contribution is -2.25. The smallest absolute Gasteiger partial charge is 0.252 e. The predicted molar refractivity (Wildman–Crippen MR) is 119 cm³/mol. The molecular weight excluding hydrogens is 428 g/mol. The summed E-state index contributed by atoms with van der Waals surface area (Å²) < 4.78 is 6.95. The fourth-order valence-electron chi connectivity index (χ4n) is 3.60. The van der Waals surface area contributed by atoms with E-state index >= 15 is 0 Å². The molecule has 2 aromatic carbocycles. The van der Waals surface area contributed by atoms with Gasteiger partial charge in [-0.3, -0.25) is 4.79 Å². The van der Waals surface area contributed by atoms with Crippen molar-refractivity contribution in [1.29, 1.82) is 0 Å². The van der Waals surface area contributed by atoms with Crippen LogP contribution in [0.15, 0.2) is 75.3 Å². The van der Waals surface area contributed by atoms with E-state index in [2.05, 4.69) is 32.3 Å². The van der Waals surface area contributed by atoms with Gasteiger partial charge in [-0.1, -0.05) is 51.8 Å². The molecule has 0 aliphatic heterocycles. The van der Waals surface area contributed by atoms with E-state index in [0.717, 1.165) is 29.3 Å². The molecule has 0 saturated carbocycles. The number of oxazole rings is 1. The van der Waals surface area contributed by atoms with Crippen molar-refractivity contribution in [1.82, 2.24) is 10.3 Å². The molecule has 0 fully saturated rings. The SMILES string of the molecule is O=C(NCCC1=CCCCC1)c1ccccc1-c1ncc(-c2cccc(Br)c2)o1. The Balaban J connectivity index is 1.49. The molecule has 0 saturated heterocycles. The van der Waals surface area contributed by atoms with Crippen molar-refractivity contribution in [3.8, 4) is 22.8 Å². The predicted octanol–water partition coefficient (Wildman–Crippen LogP) is 6.39. The van der Waals surface area contributed by atoms with Gasteiger partial charge in [0.15, 0.2) is 5.76 Å². The third kappa shape index (κ3) is 4.85. The number of amides is 1. The van der Waals surface area contributed by atoms with Gasteiger partial charge in [0.1, 0.15) is 0 Å². The lowest BCUT2D eigenvalue weighted by Gasteiger charge is -2.13. The van der Waals surface area contributed by atoms with E-state index in [-0.39, 0.29) is 5.91 Å². The fraction of sp³-hybridized carbons (Fsp3) is 0.250. The number of carbonyl (C=O) groups excluding carboxylic acids is 1. The van der Waals surface area contributed by atoms with Crippen LogP contribution in [0.2, 0.25) is 0 Å². The standard InChI is InChI=1S/C24H23BrN2O2/c25-19-10-6-9-18(15-19)22-16-27-24(29-22)21-12-5-4-11-20(21)23(28)26-14-13-17-7-2-1-3-8-17/h4-7,9-12,15-16H,1-3,8,13-14H2,(H,26,28). The van der Waals surface area contributed by atoms with Crippen LogP contribution in [-0.2, 0) is 0 Å². The van der Waals surface area contributed by atoms with Crippen LogP contribution in [0, 0.1) is 0 Å². The summed E-state index contributed by atoms with van der Waals surface area (Å²) in [6.07, 6.45) is 9.78. The van der Waals surface area contributed by atoms with Crippen molar-refractivity contribution in [3.05, 3.63) is 76.4 Å². The molecule has 1 N–H and O–H groups in total. The molecule has 0 atom stereocenters. The van der Waals surface area contributed by atoms with Crippen molar-refractivity contribution in [2.24, 2.45) is 0 Å². The maximum absolute atomic E-state index is 12.8. The molecule has 3 aromatic rings. The Morgan fingerprint density at radius 2 is 2.03 bits per heavy atom. The minimum atomic E-state index is -0.0979. The Bertz CT molecular complexity index is 1040. The third-order valence-electron chi connectivity index (χ3n) is 5.13. The van der Waals surface area contributed by atoms with Crippen LogP contribution in [-0.4, -0.2) is 17.4 Å². The molecule has 4 rings (SSSR count). The van der Waals surface area contributed by atoms with Crippen LogP contribution in [0.3, 0.4) is 0 Å². The van der Waals surface area contributed by atoms with Crippen molar-refractivity contribution in [3.63, 3.8) is 0 Å². The first kappa shape index (κ1) is 19.6. The van der Waals surface area contributed by atoms with E-state index in [9.17, 15) is 4.79 Å². The van der Waals surface area contributed by atoms with Crippen LogP contribution in [0.25, 0.3) is 22.8 Å². The number of benzene rings is 2. The van der Waals surface area contributed by atoms with Gasteiger partial charge in [0.25, 0.3) is 5.91 Å². The Kier molecular flexibility index (Phi) is 6.25. The lowest BCUT2D eigenvalue weighted by atomic mass is 9.97. The number of aromatic nitrogens is 1. The topological polar surface area (TPSA) is 55.1 Å². The number of nitrogens with one attached hydrogen (secondary N) is 1. The molecule has 1 heterocycles. The van der Waals surface area contributed by atoms with E-state index in [1.165, 1.54) is 18.4 Å². The highest BCUT2D eigenvalue weighted by molar-refractivity contribution is 9.10. The van der Waals surface area contributed by atoms with Gasteiger partial charge in [-0.15, -0.1) is 0 Å². The molecule has 0 unspecified atom stereocenters. The molecular formula is C24H23BrN2O2. The quantitative estimate of drug-likeness (QED) is 0.442. The van der Waals surface area contributed by atoms with Gasteiger partial charge in [-0.2, -0.15) is 0 Å². The highest BCUT2D eigenvalue weighted by atomic mass is 79.9. The summed E-state index contributed by atoms with van der Waals surface area (Å²) in [5.74, 6) is 1.01. The molecule has 1 aliphatic rings. The second-order valence-corrected chi connectivity index (χ2v) is 8.12. The summed E-state index contributed by atoms with van der Waals surface area (Å²) in [4.78, 5) is 17.2. The Morgan fingerprint density at radius 1 is 1.14 bits per heavy atom. The Hall–Kier alpha value is -2.66. The number of halogens is 1. The largest absolute Gasteiger partial charge is 0.436 e. The average molecular weight is 451 g/mol. The summed E-state index contributed by atoms with van der Waals surface area (Å²) in [7, 11) is 0. The van der Waals surface area contributed by atoms with E-state index < -0.39 is 0 Å². The summed E-state index contributed by atoms with van der Waals surface area (Å²) in [6, 6.07) is 15.3. The zero-order valence-corrected chi connectivity index (χ0v) is 17.7. The van der Waals surface area contributed by atoms with Crippen molar-refractivity contribution < 1.29 is 9.21 Å². The number of allylic oxidation sites excluding steroid dienone is 1. The van der Waals surface area contributed by atoms with Crippen molar-refractivity contribution >= 4 is 21.8 Å². The van der Waals surface area contributed by atoms with Gasteiger partial charge in [0, 0.05) is 22.1 Å². The monoisotopic (exact) mass is 450 g/mol. The summed E-state index contributed by atoms with van der Waals surface area (Å²) >= 11 is 3.48. The highest BCUT2D eigenvalue weighted by Gasteiger charge is 2.17. The summed E-state index contributed by atoms with van der Waals surface area (Å²) in [6.45, 7) is 0.647. The third-order valence-corrected chi connectivity index (χ3v) is 5.63. The maximum atomic E-state index is 12.8. The van der Waals surface area contributed by atoms with Gasteiger partial charge in [0.05, 0.1) is 11.8 Å². The van der Waals surface area contributed by atoms with Crippen molar-refractivity contribution in [2.75, 3.05) is 6.54 Å². The Labute approximate surface area is 179 Å².